The summed E-state index contributed by atoms with van der Waals surface area (Å²) in [5, 5.41) is 7.88. The third kappa shape index (κ3) is 3.79. The fourth-order valence-corrected chi connectivity index (χ4v) is 2.74. The number of hydrogen-bond donors (Lipinski definition) is 0. The van der Waals surface area contributed by atoms with Crippen molar-refractivity contribution < 1.29 is 14.3 Å². The Labute approximate surface area is 140 Å². The molecule has 1 aliphatic rings. The van der Waals surface area contributed by atoms with Crippen LogP contribution >= 0.6 is 0 Å². The number of amides is 1. The van der Waals surface area contributed by atoms with Crippen molar-refractivity contribution in [1.29, 1.82) is 0 Å². The van der Waals surface area contributed by atoms with Gasteiger partial charge >= 0.3 is 6.09 Å². The summed E-state index contributed by atoms with van der Waals surface area (Å²) in [5.41, 5.74) is 1.35. The van der Waals surface area contributed by atoms with E-state index in [0.717, 1.165) is 18.4 Å². The molecule has 0 unspecified atom stereocenters. The predicted octanol–water partition coefficient (Wildman–Crippen LogP) is 2.45. The summed E-state index contributed by atoms with van der Waals surface area (Å²) in [6, 6.07) is 9.78. The van der Waals surface area contributed by atoms with Crippen molar-refractivity contribution in [2.45, 2.75) is 32.4 Å². The van der Waals surface area contributed by atoms with Crippen LogP contribution in [0.15, 0.2) is 36.5 Å². The first-order chi connectivity index (χ1) is 11.6. The second-order valence-electron chi connectivity index (χ2n) is 5.90. The Kier molecular flexibility index (Phi) is 4.88. The number of likely N-dealkylation sites (tertiary alicyclic amines) is 1. The van der Waals surface area contributed by atoms with E-state index < -0.39 is 0 Å². The van der Waals surface area contributed by atoms with Gasteiger partial charge in [0.15, 0.2) is 5.78 Å². The minimum atomic E-state index is -0.291. The first kappa shape index (κ1) is 16.2. The van der Waals surface area contributed by atoms with Crippen LogP contribution in [0.2, 0.25) is 0 Å². The number of piperidine rings is 1. The molecule has 7 nitrogen and oxygen atoms in total. The number of hydrogen-bond acceptors (Lipinski definition) is 5. The van der Waals surface area contributed by atoms with Crippen LogP contribution in [0, 0.1) is 0 Å². The number of Topliss-reactive ketones (excluding diaryl/α,β-unsaturated/α-hetero) is 1. The van der Waals surface area contributed by atoms with Crippen LogP contribution in [-0.2, 0) is 11.3 Å². The first-order valence-corrected chi connectivity index (χ1v) is 8.02. The van der Waals surface area contributed by atoms with E-state index in [0.29, 0.717) is 18.8 Å². The summed E-state index contributed by atoms with van der Waals surface area (Å²) >= 11 is 0. The molecule has 7 heteroatoms. The van der Waals surface area contributed by atoms with Gasteiger partial charge in [-0.2, -0.15) is 0 Å². The SMILES string of the molecule is CC(=O)c1cn(C2CCN(C(=O)OCc3ccccc3)CC2)nn1. The molecule has 0 radical (unpaired) electrons. The van der Waals surface area contributed by atoms with E-state index in [1.807, 2.05) is 30.3 Å². The van der Waals surface area contributed by atoms with Gasteiger partial charge in [0, 0.05) is 20.0 Å². The maximum absolute atomic E-state index is 12.1. The zero-order chi connectivity index (χ0) is 16.9. The number of rotatable bonds is 4. The molecule has 1 aromatic carbocycles. The zero-order valence-corrected chi connectivity index (χ0v) is 13.6. The summed E-state index contributed by atoms with van der Waals surface area (Å²) in [4.78, 5) is 25.1. The van der Waals surface area contributed by atoms with Crippen molar-refractivity contribution in [2.75, 3.05) is 13.1 Å². The van der Waals surface area contributed by atoms with Gasteiger partial charge in [0.25, 0.3) is 0 Å². The minimum Gasteiger partial charge on any atom is -0.445 e. The van der Waals surface area contributed by atoms with Crippen molar-refractivity contribution in [3.05, 3.63) is 47.8 Å². The molecular formula is C17H20N4O3. The van der Waals surface area contributed by atoms with Gasteiger partial charge in [-0.3, -0.25) is 4.79 Å². The molecule has 0 spiro atoms. The van der Waals surface area contributed by atoms with Gasteiger partial charge < -0.3 is 9.64 Å². The third-order valence-electron chi connectivity index (χ3n) is 4.17. The lowest BCUT2D eigenvalue weighted by Gasteiger charge is -2.31. The van der Waals surface area contributed by atoms with E-state index in [2.05, 4.69) is 10.3 Å². The van der Waals surface area contributed by atoms with E-state index >= 15 is 0 Å². The van der Waals surface area contributed by atoms with Crippen LogP contribution in [-0.4, -0.2) is 44.9 Å². The average Bonchev–Trinajstić information content (AvgIpc) is 3.11. The first-order valence-electron chi connectivity index (χ1n) is 8.02. The van der Waals surface area contributed by atoms with Gasteiger partial charge in [-0.25, -0.2) is 9.48 Å². The maximum atomic E-state index is 12.1. The summed E-state index contributed by atoms with van der Waals surface area (Å²) in [5.74, 6) is -0.0943. The second kappa shape index (κ2) is 7.25. The quantitative estimate of drug-likeness (QED) is 0.806. The average molecular weight is 328 g/mol. The van der Waals surface area contributed by atoms with Crippen molar-refractivity contribution in [2.24, 2.45) is 0 Å². The Morgan fingerprint density at radius 1 is 1.21 bits per heavy atom. The molecule has 1 aromatic heterocycles. The lowest BCUT2D eigenvalue weighted by molar-refractivity contribution is 0.0820. The Bertz CT molecular complexity index is 706. The van der Waals surface area contributed by atoms with E-state index in [1.165, 1.54) is 6.92 Å². The number of ether oxygens (including phenoxy) is 1. The Hall–Kier alpha value is -2.70. The van der Waals surface area contributed by atoms with Gasteiger partial charge in [-0.15, -0.1) is 5.10 Å². The van der Waals surface area contributed by atoms with Crippen LogP contribution in [0.25, 0.3) is 0 Å². The lowest BCUT2D eigenvalue weighted by atomic mass is 10.1. The van der Waals surface area contributed by atoms with Crippen LogP contribution in [0.3, 0.4) is 0 Å². The third-order valence-corrected chi connectivity index (χ3v) is 4.17. The highest BCUT2D eigenvalue weighted by Crippen LogP contribution is 2.22. The second-order valence-corrected chi connectivity index (χ2v) is 5.90. The monoisotopic (exact) mass is 328 g/mol. The van der Waals surface area contributed by atoms with Gasteiger partial charge in [-0.05, 0) is 18.4 Å². The Balaban J connectivity index is 1.49. The summed E-state index contributed by atoms with van der Waals surface area (Å²) < 4.78 is 7.08. The number of carbonyl (C=O) groups is 2. The van der Waals surface area contributed by atoms with Crippen molar-refractivity contribution >= 4 is 11.9 Å². The molecule has 2 heterocycles. The summed E-state index contributed by atoms with van der Waals surface area (Å²) in [6.45, 7) is 2.96. The summed E-state index contributed by atoms with van der Waals surface area (Å²) in [7, 11) is 0. The molecule has 0 bridgehead atoms. The highest BCUT2D eigenvalue weighted by atomic mass is 16.6. The van der Waals surface area contributed by atoms with Crippen molar-refractivity contribution in [1.82, 2.24) is 19.9 Å². The van der Waals surface area contributed by atoms with E-state index in [-0.39, 0.29) is 24.5 Å². The molecular weight excluding hydrogens is 308 g/mol. The molecule has 126 valence electrons. The normalized spacial score (nSPS) is 15.3. The zero-order valence-electron chi connectivity index (χ0n) is 13.6. The van der Waals surface area contributed by atoms with Crippen molar-refractivity contribution in [3.63, 3.8) is 0 Å². The van der Waals surface area contributed by atoms with Crippen LogP contribution in [0.4, 0.5) is 4.79 Å². The number of nitrogens with zero attached hydrogens (tertiary/aromatic N) is 4. The van der Waals surface area contributed by atoms with Crippen LogP contribution in [0.5, 0.6) is 0 Å². The molecule has 1 amide bonds. The fraction of sp³-hybridized carbons (Fsp3) is 0.412. The highest BCUT2D eigenvalue weighted by Gasteiger charge is 2.25. The molecule has 3 rings (SSSR count). The highest BCUT2D eigenvalue weighted by molar-refractivity contribution is 5.91. The Morgan fingerprint density at radius 3 is 2.54 bits per heavy atom. The van der Waals surface area contributed by atoms with E-state index in [4.69, 9.17) is 4.74 Å². The molecule has 0 atom stereocenters. The molecule has 1 saturated heterocycles. The van der Waals surface area contributed by atoms with Crippen LogP contribution < -0.4 is 0 Å². The molecule has 1 aliphatic heterocycles. The van der Waals surface area contributed by atoms with Gasteiger partial charge in [0.2, 0.25) is 0 Å². The minimum absolute atomic E-state index is 0.0943. The summed E-state index contributed by atoms with van der Waals surface area (Å²) in [6.07, 6.45) is 2.92. The maximum Gasteiger partial charge on any atom is 0.410 e. The standard InChI is InChI=1S/C17H20N4O3/c1-13(22)16-11-21(19-18-16)15-7-9-20(10-8-15)17(23)24-12-14-5-3-2-4-6-14/h2-6,11,15H,7-10,12H2,1H3. The van der Waals surface area contributed by atoms with Gasteiger partial charge in [-0.1, -0.05) is 35.5 Å². The number of benzene rings is 1. The number of ketones is 1. The van der Waals surface area contributed by atoms with Crippen molar-refractivity contribution in [3.8, 4) is 0 Å². The fourth-order valence-electron chi connectivity index (χ4n) is 2.74. The number of aromatic nitrogens is 3. The van der Waals surface area contributed by atoms with E-state index in [1.54, 1.807) is 15.8 Å². The topological polar surface area (TPSA) is 77.3 Å². The van der Waals surface area contributed by atoms with Crippen LogP contribution in [0.1, 0.15) is 41.9 Å². The van der Waals surface area contributed by atoms with Gasteiger partial charge in [0.1, 0.15) is 12.3 Å². The number of carbonyl (C=O) groups excluding carboxylic acids is 2. The Morgan fingerprint density at radius 2 is 1.92 bits per heavy atom. The van der Waals surface area contributed by atoms with Gasteiger partial charge in [0.05, 0.1) is 12.2 Å². The predicted molar refractivity (Wildman–Crippen MR) is 86.5 cm³/mol. The molecule has 24 heavy (non-hydrogen) atoms. The molecule has 2 aromatic rings. The molecule has 0 saturated carbocycles. The smallest absolute Gasteiger partial charge is 0.410 e. The van der Waals surface area contributed by atoms with E-state index in [9.17, 15) is 9.59 Å². The molecule has 0 aliphatic carbocycles. The lowest BCUT2D eigenvalue weighted by Crippen LogP contribution is -2.39. The largest absolute Gasteiger partial charge is 0.445 e. The molecule has 0 N–H and O–H groups in total. The molecule has 1 fully saturated rings.